The van der Waals surface area contributed by atoms with E-state index in [2.05, 4.69) is 37.1 Å². The van der Waals surface area contributed by atoms with Crippen LogP contribution in [-0.2, 0) is 19.4 Å². The van der Waals surface area contributed by atoms with Crippen molar-refractivity contribution >= 4 is 0 Å². The first-order chi connectivity index (χ1) is 7.29. The number of benzene rings is 1. The number of nitrogens with zero attached hydrogens (tertiary/aromatic N) is 1. The van der Waals surface area contributed by atoms with E-state index >= 15 is 0 Å². The average molecular weight is 203 g/mol. The Morgan fingerprint density at radius 2 is 1.87 bits per heavy atom. The van der Waals surface area contributed by atoms with Crippen LogP contribution in [0.4, 0.5) is 0 Å². The van der Waals surface area contributed by atoms with Crippen molar-refractivity contribution in [2.75, 3.05) is 13.6 Å². The van der Waals surface area contributed by atoms with Gasteiger partial charge in [0.05, 0.1) is 0 Å². The lowest BCUT2D eigenvalue weighted by Gasteiger charge is -2.19. The molecule has 0 bridgehead atoms. The zero-order valence-corrected chi connectivity index (χ0v) is 9.92. The second kappa shape index (κ2) is 4.80. The summed E-state index contributed by atoms with van der Waals surface area (Å²) in [7, 11) is 2.18. The van der Waals surface area contributed by atoms with Crippen molar-refractivity contribution in [2.24, 2.45) is 0 Å². The Hall–Kier alpha value is -0.820. The van der Waals surface area contributed by atoms with E-state index in [1.807, 2.05) is 0 Å². The molecule has 1 nitrogen and oxygen atoms in total. The fourth-order valence-electron chi connectivity index (χ4n) is 2.31. The predicted octanol–water partition coefficient (Wildman–Crippen LogP) is 3.02. The highest BCUT2D eigenvalue weighted by atomic mass is 15.1. The number of fused-ring (bicyclic) bond motifs is 1. The monoisotopic (exact) mass is 203 g/mol. The van der Waals surface area contributed by atoms with E-state index in [1.165, 1.54) is 31.2 Å². The molecule has 1 aliphatic carbocycles. The molecular weight excluding hydrogens is 182 g/mol. The van der Waals surface area contributed by atoms with E-state index in [4.69, 9.17) is 0 Å². The molecule has 0 fully saturated rings. The summed E-state index contributed by atoms with van der Waals surface area (Å²) in [6.45, 7) is 4.42. The number of hydrogen-bond donors (Lipinski definition) is 0. The molecule has 0 saturated carbocycles. The summed E-state index contributed by atoms with van der Waals surface area (Å²) < 4.78 is 0. The maximum absolute atomic E-state index is 2.42. The Kier molecular flexibility index (Phi) is 3.42. The highest BCUT2D eigenvalue weighted by Gasteiger charge is 2.09. The summed E-state index contributed by atoms with van der Waals surface area (Å²) in [4.78, 5) is 2.35. The summed E-state index contributed by atoms with van der Waals surface area (Å²) in [5.74, 6) is 0. The lowest BCUT2D eigenvalue weighted by molar-refractivity contribution is 0.345. The Labute approximate surface area is 93.1 Å². The van der Waals surface area contributed by atoms with Gasteiger partial charge in [-0.3, -0.25) is 0 Å². The van der Waals surface area contributed by atoms with Crippen LogP contribution in [0.1, 0.15) is 36.5 Å². The molecule has 0 radical (unpaired) electrons. The zero-order valence-electron chi connectivity index (χ0n) is 9.92. The van der Waals surface area contributed by atoms with Gasteiger partial charge in [-0.15, -0.1) is 0 Å². The molecule has 1 aromatic rings. The molecule has 0 spiro atoms. The largest absolute Gasteiger partial charge is 0.302 e. The van der Waals surface area contributed by atoms with Gasteiger partial charge in [0.1, 0.15) is 0 Å². The van der Waals surface area contributed by atoms with Gasteiger partial charge in [-0.2, -0.15) is 0 Å². The molecule has 1 aromatic carbocycles. The Morgan fingerprint density at radius 3 is 2.60 bits per heavy atom. The SMILES string of the molecule is CCN(C)Cc1ccc2c(c1)CCCC2. The van der Waals surface area contributed by atoms with Crippen molar-refractivity contribution in [1.29, 1.82) is 0 Å². The van der Waals surface area contributed by atoms with Gasteiger partial charge >= 0.3 is 0 Å². The van der Waals surface area contributed by atoms with Gasteiger partial charge in [-0.25, -0.2) is 0 Å². The fourth-order valence-corrected chi connectivity index (χ4v) is 2.31. The molecule has 82 valence electrons. The van der Waals surface area contributed by atoms with E-state index in [9.17, 15) is 0 Å². The summed E-state index contributed by atoms with van der Waals surface area (Å²) in [5, 5.41) is 0. The minimum atomic E-state index is 1.09. The molecule has 0 atom stereocenters. The molecule has 0 N–H and O–H groups in total. The third-order valence-electron chi connectivity index (χ3n) is 3.41. The molecule has 0 saturated heterocycles. The minimum absolute atomic E-state index is 1.09. The van der Waals surface area contributed by atoms with Crippen molar-refractivity contribution in [3.05, 3.63) is 34.9 Å². The third-order valence-corrected chi connectivity index (χ3v) is 3.41. The van der Waals surface area contributed by atoms with Gasteiger partial charge in [0, 0.05) is 6.54 Å². The molecular formula is C14H21N. The van der Waals surface area contributed by atoms with Gasteiger partial charge < -0.3 is 4.90 Å². The quantitative estimate of drug-likeness (QED) is 0.730. The van der Waals surface area contributed by atoms with Crippen LogP contribution in [0.3, 0.4) is 0 Å². The van der Waals surface area contributed by atoms with E-state index < -0.39 is 0 Å². The fraction of sp³-hybridized carbons (Fsp3) is 0.571. The minimum Gasteiger partial charge on any atom is -0.302 e. The van der Waals surface area contributed by atoms with Crippen molar-refractivity contribution in [3.63, 3.8) is 0 Å². The predicted molar refractivity (Wildman–Crippen MR) is 65.1 cm³/mol. The van der Waals surface area contributed by atoms with Crippen LogP contribution in [0.2, 0.25) is 0 Å². The molecule has 1 heteroatoms. The van der Waals surface area contributed by atoms with Gasteiger partial charge in [0.15, 0.2) is 0 Å². The number of hydrogen-bond acceptors (Lipinski definition) is 1. The standard InChI is InChI=1S/C14H21N/c1-3-15(2)11-12-8-9-13-6-4-5-7-14(13)10-12/h8-10H,3-7,11H2,1-2H3. The zero-order chi connectivity index (χ0) is 10.7. The first-order valence-corrected chi connectivity index (χ1v) is 6.09. The van der Waals surface area contributed by atoms with E-state index in [1.54, 1.807) is 11.1 Å². The van der Waals surface area contributed by atoms with E-state index in [0.29, 0.717) is 0 Å². The van der Waals surface area contributed by atoms with Crippen LogP contribution in [-0.4, -0.2) is 18.5 Å². The van der Waals surface area contributed by atoms with Crippen molar-refractivity contribution in [2.45, 2.75) is 39.2 Å². The van der Waals surface area contributed by atoms with Gasteiger partial charge in [0.25, 0.3) is 0 Å². The van der Waals surface area contributed by atoms with E-state index in [-0.39, 0.29) is 0 Å². The number of aryl methyl sites for hydroxylation is 2. The highest BCUT2D eigenvalue weighted by molar-refractivity contribution is 5.33. The van der Waals surface area contributed by atoms with Crippen LogP contribution in [0.5, 0.6) is 0 Å². The maximum atomic E-state index is 2.42. The molecule has 0 unspecified atom stereocenters. The van der Waals surface area contributed by atoms with Crippen LogP contribution in [0.15, 0.2) is 18.2 Å². The first kappa shape index (κ1) is 10.7. The highest BCUT2D eigenvalue weighted by Crippen LogP contribution is 2.22. The molecule has 0 aliphatic heterocycles. The Balaban J connectivity index is 2.13. The van der Waals surface area contributed by atoms with Gasteiger partial charge in [0.2, 0.25) is 0 Å². The molecule has 0 aromatic heterocycles. The van der Waals surface area contributed by atoms with Crippen molar-refractivity contribution in [1.82, 2.24) is 4.90 Å². The second-order valence-corrected chi connectivity index (χ2v) is 4.64. The van der Waals surface area contributed by atoms with Gasteiger partial charge in [-0.05, 0) is 56.0 Å². The first-order valence-electron chi connectivity index (χ1n) is 6.09. The maximum Gasteiger partial charge on any atom is 0.0230 e. The molecule has 1 aliphatic rings. The van der Waals surface area contributed by atoms with E-state index in [0.717, 1.165) is 13.1 Å². The summed E-state index contributed by atoms with van der Waals surface area (Å²) >= 11 is 0. The lowest BCUT2D eigenvalue weighted by atomic mass is 9.90. The normalized spacial score (nSPS) is 15.4. The molecule has 2 rings (SSSR count). The Bertz CT molecular complexity index is 330. The van der Waals surface area contributed by atoms with Crippen molar-refractivity contribution < 1.29 is 0 Å². The smallest absolute Gasteiger partial charge is 0.0230 e. The van der Waals surface area contributed by atoms with Crippen LogP contribution >= 0.6 is 0 Å². The molecule has 0 heterocycles. The molecule has 15 heavy (non-hydrogen) atoms. The van der Waals surface area contributed by atoms with Crippen LogP contribution < -0.4 is 0 Å². The number of rotatable bonds is 3. The summed E-state index contributed by atoms with van der Waals surface area (Å²) in [5.41, 5.74) is 4.66. The lowest BCUT2D eigenvalue weighted by Crippen LogP contribution is -2.17. The summed E-state index contributed by atoms with van der Waals surface area (Å²) in [6.07, 6.45) is 5.33. The third kappa shape index (κ3) is 2.60. The van der Waals surface area contributed by atoms with Crippen LogP contribution in [0.25, 0.3) is 0 Å². The topological polar surface area (TPSA) is 3.24 Å². The van der Waals surface area contributed by atoms with Gasteiger partial charge in [-0.1, -0.05) is 25.1 Å². The Morgan fingerprint density at radius 1 is 1.13 bits per heavy atom. The van der Waals surface area contributed by atoms with Crippen molar-refractivity contribution in [3.8, 4) is 0 Å². The van der Waals surface area contributed by atoms with Crippen LogP contribution in [0, 0.1) is 0 Å². The second-order valence-electron chi connectivity index (χ2n) is 4.64. The average Bonchev–Trinajstić information content (AvgIpc) is 2.29. The summed E-state index contributed by atoms with van der Waals surface area (Å²) in [6, 6.07) is 7.06. The molecule has 0 amide bonds.